The van der Waals surface area contributed by atoms with Gasteiger partial charge in [0.25, 0.3) is 0 Å². The summed E-state index contributed by atoms with van der Waals surface area (Å²) < 4.78 is 1.74. The monoisotopic (exact) mass is 351 g/mol. The predicted molar refractivity (Wildman–Crippen MR) is 98.4 cm³/mol. The van der Waals surface area contributed by atoms with Crippen LogP contribution < -0.4 is 5.32 Å². The molecule has 4 rings (SSSR count). The minimum Gasteiger partial charge on any atom is -0.360 e. The lowest BCUT2D eigenvalue weighted by Gasteiger charge is -2.13. The zero-order valence-electron chi connectivity index (χ0n) is 14.1. The Kier molecular flexibility index (Phi) is 3.89. The van der Waals surface area contributed by atoms with E-state index < -0.39 is 0 Å². The standard InChI is InChI=1S/C17H17N7S/c1-10-9-25-17(20-10)11(2)21-14-12-8-19-24(3)16(12)23-15(22-14)13-6-4-5-7-18-13/h4-9,11H,1-3H3,(H,21,22,23). The highest BCUT2D eigenvalue weighted by atomic mass is 32.1. The van der Waals surface area contributed by atoms with E-state index in [1.54, 1.807) is 28.4 Å². The van der Waals surface area contributed by atoms with Crippen LogP contribution in [0.2, 0.25) is 0 Å². The Bertz CT molecular complexity index is 1020. The minimum absolute atomic E-state index is 0.0357. The van der Waals surface area contributed by atoms with Gasteiger partial charge in [0, 0.05) is 24.3 Å². The van der Waals surface area contributed by atoms with Crippen LogP contribution in [0, 0.1) is 6.92 Å². The van der Waals surface area contributed by atoms with Crippen LogP contribution in [0.5, 0.6) is 0 Å². The predicted octanol–water partition coefficient (Wildman–Crippen LogP) is 3.36. The lowest BCUT2D eigenvalue weighted by Crippen LogP contribution is -2.09. The van der Waals surface area contributed by atoms with Crippen molar-refractivity contribution in [1.29, 1.82) is 0 Å². The molecule has 0 aliphatic carbocycles. The first kappa shape index (κ1) is 15.6. The van der Waals surface area contributed by atoms with Gasteiger partial charge in [-0.2, -0.15) is 5.10 Å². The van der Waals surface area contributed by atoms with Crippen molar-refractivity contribution >= 4 is 28.2 Å². The molecular weight excluding hydrogens is 334 g/mol. The van der Waals surface area contributed by atoms with Crippen molar-refractivity contribution in [2.24, 2.45) is 7.05 Å². The molecule has 0 amide bonds. The minimum atomic E-state index is 0.0357. The summed E-state index contributed by atoms with van der Waals surface area (Å²) in [6.45, 7) is 4.07. The smallest absolute Gasteiger partial charge is 0.182 e. The first-order valence-corrected chi connectivity index (χ1v) is 8.79. The number of aryl methyl sites for hydroxylation is 2. The topological polar surface area (TPSA) is 81.4 Å². The molecule has 25 heavy (non-hydrogen) atoms. The van der Waals surface area contributed by atoms with Crippen molar-refractivity contribution in [3.8, 4) is 11.5 Å². The molecule has 0 saturated heterocycles. The van der Waals surface area contributed by atoms with E-state index in [4.69, 9.17) is 4.98 Å². The number of hydrogen-bond acceptors (Lipinski definition) is 7. The maximum absolute atomic E-state index is 4.70. The average molecular weight is 351 g/mol. The van der Waals surface area contributed by atoms with Crippen molar-refractivity contribution in [2.45, 2.75) is 19.9 Å². The van der Waals surface area contributed by atoms with Gasteiger partial charge >= 0.3 is 0 Å². The summed E-state index contributed by atoms with van der Waals surface area (Å²) in [5.41, 5.74) is 2.52. The van der Waals surface area contributed by atoms with Crippen molar-refractivity contribution in [3.05, 3.63) is 46.7 Å². The van der Waals surface area contributed by atoms with Gasteiger partial charge in [-0.1, -0.05) is 6.07 Å². The van der Waals surface area contributed by atoms with Gasteiger partial charge in [0.1, 0.15) is 16.5 Å². The molecule has 0 aliphatic heterocycles. The summed E-state index contributed by atoms with van der Waals surface area (Å²) in [6, 6.07) is 5.73. The molecule has 0 aromatic carbocycles. The first-order valence-electron chi connectivity index (χ1n) is 7.91. The lowest BCUT2D eigenvalue weighted by atomic mass is 10.3. The molecule has 4 aromatic heterocycles. The molecule has 7 nitrogen and oxygen atoms in total. The van der Waals surface area contributed by atoms with Gasteiger partial charge in [0.2, 0.25) is 0 Å². The van der Waals surface area contributed by atoms with Gasteiger partial charge in [-0.05, 0) is 26.0 Å². The van der Waals surface area contributed by atoms with Crippen LogP contribution in [0.25, 0.3) is 22.6 Å². The Hall–Kier alpha value is -2.87. The molecule has 1 N–H and O–H groups in total. The molecule has 0 spiro atoms. The highest BCUT2D eigenvalue weighted by Crippen LogP contribution is 2.28. The summed E-state index contributed by atoms with van der Waals surface area (Å²) in [6.07, 6.45) is 3.51. The number of aromatic nitrogens is 6. The summed E-state index contributed by atoms with van der Waals surface area (Å²) in [4.78, 5) is 18.2. The normalized spacial score (nSPS) is 12.4. The Balaban J connectivity index is 1.79. The molecule has 8 heteroatoms. The third kappa shape index (κ3) is 2.96. The zero-order chi connectivity index (χ0) is 17.4. The highest BCUT2D eigenvalue weighted by molar-refractivity contribution is 7.09. The molecule has 1 unspecified atom stereocenters. The zero-order valence-corrected chi connectivity index (χ0v) is 14.9. The molecule has 0 bridgehead atoms. The third-order valence-corrected chi connectivity index (χ3v) is 4.99. The Morgan fingerprint density at radius 2 is 2.08 bits per heavy atom. The second-order valence-corrected chi connectivity index (χ2v) is 6.70. The van der Waals surface area contributed by atoms with Gasteiger partial charge in [-0.3, -0.25) is 9.67 Å². The number of rotatable bonds is 4. The molecular formula is C17H17N7S. The molecule has 4 aromatic rings. The SMILES string of the molecule is Cc1csc(C(C)Nc2nc(-c3ccccn3)nc3c2cnn3C)n1. The molecule has 126 valence electrons. The van der Waals surface area contributed by atoms with Gasteiger partial charge in [0.15, 0.2) is 11.5 Å². The summed E-state index contributed by atoms with van der Waals surface area (Å²) in [5.74, 6) is 1.31. The van der Waals surface area contributed by atoms with E-state index in [-0.39, 0.29) is 6.04 Å². The van der Waals surface area contributed by atoms with Crippen LogP contribution in [0.4, 0.5) is 5.82 Å². The van der Waals surface area contributed by atoms with E-state index in [9.17, 15) is 0 Å². The molecule has 0 radical (unpaired) electrons. The van der Waals surface area contributed by atoms with Crippen LogP contribution in [0.15, 0.2) is 36.0 Å². The van der Waals surface area contributed by atoms with E-state index in [1.165, 1.54) is 0 Å². The van der Waals surface area contributed by atoms with Crippen molar-refractivity contribution in [2.75, 3.05) is 5.32 Å². The van der Waals surface area contributed by atoms with Crippen LogP contribution in [0.1, 0.15) is 23.7 Å². The van der Waals surface area contributed by atoms with Gasteiger partial charge in [-0.15, -0.1) is 11.3 Å². The fourth-order valence-electron chi connectivity index (χ4n) is 2.58. The number of thiazole rings is 1. The Morgan fingerprint density at radius 1 is 1.20 bits per heavy atom. The van der Waals surface area contributed by atoms with Crippen molar-refractivity contribution in [3.63, 3.8) is 0 Å². The van der Waals surface area contributed by atoms with E-state index in [0.717, 1.165) is 33.2 Å². The molecule has 0 aliphatic rings. The average Bonchev–Trinajstić information content (AvgIpc) is 3.22. The number of fused-ring (bicyclic) bond motifs is 1. The third-order valence-electron chi connectivity index (χ3n) is 3.85. The fourth-order valence-corrected chi connectivity index (χ4v) is 3.38. The van der Waals surface area contributed by atoms with Crippen molar-refractivity contribution in [1.82, 2.24) is 29.7 Å². The number of nitrogens with one attached hydrogen (secondary N) is 1. The quantitative estimate of drug-likeness (QED) is 0.607. The Labute approximate surface area is 148 Å². The maximum atomic E-state index is 4.70. The maximum Gasteiger partial charge on any atom is 0.182 e. The lowest BCUT2D eigenvalue weighted by molar-refractivity contribution is 0.785. The first-order chi connectivity index (χ1) is 12.1. The highest BCUT2D eigenvalue weighted by Gasteiger charge is 2.17. The van der Waals surface area contributed by atoms with Crippen LogP contribution in [-0.2, 0) is 7.05 Å². The molecule has 0 saturated carbocycles. The van der Waals surface area contributed by atoms with Gasteiger partial charge in [0.05, 0.1) is 17.6 Å². The summed E-state index contributed by atoms with van der Waals surface area (Å²) >= 11 is 1.64. The number of anilines is 1. The largest absolute Gasteiger partial charge is 0.360 e. The van der Waals surface area contributed by atoms with E-state index >= 15 is 0 Å². The van der Waals surface area contributed by atoms with Gasteiger partial charge in [-0.25, -0.2) is 15.0 Å². The van der Waals surface area contributed by atoms with Crippen LogP contribution in [-0.4, -0.2) is 29.7 Å². The van der Waals surface area contributed by atoms with Gasteiger partial charge < -0.3 is 5.32 Å². The summed E-state index contributed by atoms with van der Waals surface area (Å²) in [5, 5.41) is 11.7. The second kappa shape index (κ2) is 6.21. The summed E-state index contributed by atoms with van der Waals surface area (Å²) in [7, 11) is 1.87. The van der Waals surface area contributed by atoms with Crippen molar-refractivity contribution < 1.29 is 0 Å². The molecule has 4 heterocycles. The van der Waals surface area contributed by atoms with E-state index in [0.29, 0.717) is 5.82 Å². The number of hydrogen-bond donors (Lipinski definition) is 1. The number of nitrogens with zero attached hydrogens (tertiary/aromatic N) is 6. The molecule has 1 atom stereocenters. The van der Waals surface area contributed by atoms with E-state index in [1.807, 2.05) is 37.6 Å². The van der Waals surface area contributed by atoms with Crippen LogP contribution >= 0.6 is 11.3 Å². The molecule has 0 fully saturated rings. The Morgan fingerprint density at radius 3 is 2.80 bits per heavy atom. The van der Waals surface area contributed by atoms with E-state index in [2.05, 4.69) is 32.3 Å². The van der Waals surface area contributed by atoms with Crippen LogP contribution in [0.3, 0.4) is 0 Å². The number of pyridine rings is 1. The second-order valence-electron chi connectivity index (χ2n) is 5.81. The fraction of sp³-hybridized carbons (Fsp3) is 0.235.